The average Bonchev–Trinajstić information content (AvgIpc) is 3.16. The predicted molar refractivity (Wildman–Crippen MR) is 109 cm³/mol. The topological polar surface area (TPSA) is 93.1 Å². The second kappa shape index (κ2) is 9.13. The smallest absolute Gasteiger partial charge is 0.241 e. The molecular weight excluding hydrogens is 444 g/mol. The maximum Gasteiger partial charge on any atom is 0.241 e. The molecule has 2 N–H and O–H groups in total. The van der Waals surface area contributed by atoms with E-state index in [-0.39, 0.29) is 23.8 Å². The summed E-state index contributed by atoms with van der Waals surface area (Å²) in [7, 11) is -3.67. The van der Waals surface area contributed by atoms with E-state index in [9.17, 15) is 13.2 Å². The van der Waals surface area contributed by atoms with Crippen LogP contribution in [-0.2, 0) is 21.4 Å². The van der Waals surface area contributed by atoms with Crippen molar-refractivity contribution in [1.29, 1.82) is 0 Å². The zero-order valence-electron chi connectivity index (χ0n) is 14.9. The number of halogens is 1. The van der Waals surface area contributed by atoms with Crippen LogP contribution in [-0.4, -0.2) is 30.7 Å². The molecule has 1 amide bonds. The van der Waals surface area contributed by atoms with E-state index in [1.807, 2.05) is 36.5 Å². The van der Waals surface area contributed by atoms with Crippen LogP contribution >= 0.6 is 15.9 Å². The van der Waals surface area contributed by atoms with Crippen LogP contribution in [0.25, 0.3) is 5.69 Å². The van der Waals surface area contributed by atoms with Crippen molar-refractivity contribution in [2.45, 2.75) is 17.9 Å². The van der Waals surface area contributed by atoms with Crippen molar-refractivity contribution in [3.8, 4) is 5.69 Å². The second-order valence-corrected chi connectivity index (χ2v) is 8.57. The number of hydrogen-bond acceptors (Lipinski definition) is 4. The highest BCUT2D eigenvalue weighted by molar-refractivity contribution is 9.10. The Kier molecular flexibility index (Phi) is 6.61. The van der Waals surface area contributed by atoms with Gasteiger partial charge in [-0.05, 0) is 40.2 Å². The van der Waals surface area contributed by atoms with Crippen molar-refractivity contribution in [1.82, 2.24) is 19.8 Å². The average molecular weight is 463 g/mol. The summed E-state index contributed by atoms with van der Waals surface area (Å²) in [5, 5.41) is 7.03. The fourth-order valence-electron chi connectivity index (χ4n) is 2.50. The fourth-order valence-corrected chi connectivity index (χ4v) is 4.53. The Morgan fingerprint density at radius 1 is 1.07 bits per heavy atom. The Morgan fingerprint density at radius 2 is 1.79 bits per heavy atom. The van der Waals surface area contributed by atoms with E-state index >= 15 is 0 Å². The normalized spacial score (nSPS) is 11.3. The lowest BCUT2D eigenvalue weighted by Crippen LogP contribution is -2.30. The number of carbonyl (C=O) groups excluding carboxylic acids is 1. The van der Waals surface area contributed by atoms with Gasteiger partial charge in [-0.15, -0.1) is 0 Å². The maximum absolute atomic E-state index is 12.3. The van der Waals surface area contributed by atoms with Gasteiger partial charge in [0, 0.05) is 35.7 Å². The van der Waals surface area contributed by atoms with Crippen molar-refractivity contribution in [2.24, 2.45) is 0 Å². The second-order valence-electron chi connectivity index (χ2n) is 5.98. The van der Waals surface area contributed by atoms with E-state index in [1.165, 1.54) is 6.07 Å². The van der Waals surface area contributed by atoms with E-state index in [4.69, 9.17) is 0 Å². The van der Waals surface area contributed by atoms with Crippen LogP contribution in [0.4, 0.5) is 0 Å². The molecule has 0 saturated heterocycles. The molecule has 0 saturated carbocycles. The summed E-state index contributed by atoms with van der Waals surface area (Å²) >= 11 is 3.22. The Balaban J connectivity index is 1.46. The first-order valence-corrected chi connectivity index (χ1v) is 10.8. The zero-order chi connectivity index (χ0) is 20.0. The molecule has 0 aliphatic carbocycles. The predicted octanol–water partition coefficient (Wildman–Crippen LogP) is 2.62. The zero-order valence-corrected chi connectivity index (χ0v) is 17.3. The quantitative estimate of drug-likeness (QED) is 0.537. The number of nitrogens with one attached hydrogen (secondary N) is 2. The van der Waals surface area contributed by atoms with Gasteiger partial charge >= 0.3 is 0 Å². The molecule has 2 aromatic carbocycles. The summed E-state index contributed by atoms with van der Waals surface area (Å²) in [6, 6.07) is 16.2. The van der Waals surface area contributed by atoms with Gasteiger partial charge in [0.2, 0.25) is 15.9 Å². The molecule has 0 aliphatic heterocycles. The number of para-hydroxylation sites is 1. The van der Waals surface area contributed by atoms with Crippen LogP contribution in [0, 0.1) is 0 Å². The molecule has 0 aliphatic rings. The lowest BCUT2D eigenvalue weighted by Gasteiger charge is -2.08. The van der Waals surface area contributed by atoms with E-state index in [0.717, 1.165) is 11.3 Å². The number of sulfonamides is 1. The number of hydrogen-bond donors (Lipinski definition) is 2. The van der Waals surface area contributed by atoms with Gasteiger partial charge in [-0.3, -0.25) is 4.79 Å². The molecular formula is C19H19BrN4O3S. The monoisotopic (exact) mass is 462 g/mol. The van der Waals surface area contributed by atoms with Gasteiger partial charge in [-0.1, -0.05) is 30.3 Å². The molecule has 0 spiro atoms. The highest BCUT2D eigenvalue weighted by Gasteiger charge is 2.16. The van der Waals surface area contributed by atoms with Gasteiger partial charge in [0.25, 0.3) is 0 Å². The highest BCUT2D eigenvalue weighted by Crippen LogP contribution is 2.20. The minimum atomic E-state index is -3.67. The Morgan fingerprint density at radius 3 is 2.54 bits per heavy atom. The Labute approximate surface area is 172 Å². The number of nitrogens with zero attached hydrogens (tertiary/aromatic N) is 2. The lowest BCUT2D eigenvalue weighted by molar-refractivity contribution is -0.121. The first-order chi connectivity index (χ1) is 13.5. The summed E-state index contributed by atoms with van der Waals surface area (Å²) in [6.07, 6.45) is 3.56. The number of aromatic nitrogens is 2. The molecule has 28 heavy (non-hydrogen) atoms. The Hall–Kier alpha value is -2.49. The number of rotatable bonds is 8. The van der Waals surface area contributed by atoms with Gasteiger partial charge in [-0.2, -0.15) is 5.10 Å². The molecule has 1 heterocycles. The molecule has 7 nitrogen and oxygen atoms in total. The molecule has 0 fully saturated rings. The van der Waals surface area contributed by atoms with Crippen LogP contribution in [0.15, 0.2) is 76.4 Å². The van der Waals surface area contributed by atoms with Gasteiger partial charge < -0.3 is 5.32 Å². The minimum absolute atomic E-state index is 0.0127. The van der Waals surface area contributed by atoms with Crippen molar-refractivity contribution in [2.75, 3.05) is 6.54 Å². The van der Waals surface area contributed by atoms with Gasteiger partial charge in [0.05, 0.1) is 16.8 Å². The molecule has 3 rings (SSSR count). The summed E-state index contributed by atoms with van der Waals surface area (Å²) in [5.41, 5.74) is 1.78. The van der Waals surface area contributed by atoms with Crippen molar-refractivity contribution >= 4 is 31.9 Å². The largest absolute Gasteiger partial charge is 0.352 e. The number of carbonyl (C=O) groups is 1. The van der Waals surface area contributed by atoms with Crippen molar-refractivity contribution < 1.29 is 13.2 Å². The standard InChI is InChI=1S/C19H19BrN4O3S/c20-17-8-4-5-9-18(17)28(26,27)23-11-10-19(25)21-12-15-13-22-24(14-15)16-6-2-1-3-7-16/h1-9,13-14,23H,10-12H2,(H,21,25). The van der Waals surface area contributed by atoms with Gasteiger partial charge in [-0.25, -0.2) is 17.8 Å². The molecule has 9 heteroatoms. The van der Waals surface area contributed by atoms with Crippen LogP contribution in [0.3, 0.4) is 0 Å². The molecule has 0 atom stereocenters. The molecule has 0 bridgehead atoms. The number of benzene rings is 2. The van der Waals surface area contributed by atoms with Gasteiger partial charge in [0.1, 0.15) is 0 Å². The van der Waals surface area contributed by atoms with Crippen LogP contribution in [0.5, 0.6) is 0 Å². The summed E-state index contributed by atoms with van der Waals surface area (Å²) in [6.45, 7) is 0.335. The third-order valence-corrected chi connectivity index (χ3v) is 6.39. The van der Waals surface area contributed by atoms with Crippen LogP contribution < -0.4 is 10.0 Å². The molecule has 0 radical (unpaired) electrons. The Bertz CT molecular complexity index is 1050. The first-order valence-electron chi connectivity index (χ1n) is 8.55. The molecule has 0 unspecified atom stereocenters. The van der Waals surface area contributed by atoms with Crippen molar-refractivity contribution in [3.05, 3.63) is 77.0 Å². The first kappa shape index (κ1) is 20.2. The summed E-state index contributed by atoms with van der Waals surface area (Å²) in [5.74, 6) is -0.248. The van der Waals surface area contributed by atoms with Crippen LogP contribution in [0.2, 0.25) is 0 Å². The van der Waals surface area contributed by atoms with E-state index in [1.54, 1.807) is 29.1 Å². The van der Waals surface area contributed by atoms with Crippen LogP contribution in [0.1, 0.15) is 12.0 Å². The van der Waals surface area contributed by atoms with E-state index < -0.39 is 10.0 Å². The minimum Gasteiger partial charge on any atom is -0.352 e. The van der Waals surface area contributed by atoms with Crippen molar-refractivity contribution in [3.63, 3.8) is 0 Å². The maximum atomic E-state index is 12.3. The highest BCUT2D eigenvalue weighted by atomic mass is 79.9. The molecule has 1 aromatic heterocycles. The lowest BCUT2D eigenvalue weighted by atomic mass is 10.3. The third-order valence-electron chi connectivity index (χ3n) is 3.92. The third kappa shape index (κ3) is 5.28. The fraction of sp³-hybridized carbons (Fsp3) is 0.158. The molecule has 146 valence electrons. The SMILES string of the molecule is O=C(CCNS(=O)(=O)c1ccccc1Br)NCc1cnn(-c2ccccc2)c1. The molecule has 3 aromatic rings. The summed E-state index contributed by atoms with van der Waals surface area (Å²) < 4.78 is 29.2. The van der Waals surface area contributed by atoms with Gasteiger partial charge in [0.15, 0.2) is 0 Å². The number of amides is 1. The summed E-state index contributed by atoms with van der Waals surface area (Å²) in [4.78, 5) is 12.1. The van der Waals surface area contributed by atoms with E-state index in [0.29, 0.717) is 11.0 Å². The van der Waals surface area contributed by atoms with E-state index in [2.05, 4.69) is 31.1 Å².